The average Bonchev–Trinajstić information content (AvgIpc) is 2.47. The Bertz CT molecular complexity index is 492. The first-order valence-electron chi connectivity index (χ1n) is 7.20. The van der Waals surface area contributed by atoms with E-state index in [1.807, 2.05) is 12.1 Å². The number of aromatic nitrogens is 1. The highest BCUT2D eigenvalue weighted by atomic mass is 16.4. The van der Waals surface area contributed by atoms with Crippen LogP contribution in [0.5, 0.6) is 0 Å². The number of aliphatic carboxylic acids is 1. The van der Waals surface area contributed by atoms with Crippen LogP contribution in [0, 0.1) is 0 Å². The molecule has 21 heavy (non-hydrogen) atoms. The van der Waals surface area contributed by atoms with E-state index in [1.54, 1.807) is 29.2 Å². The van der Waals surface area contributed by atoms with Crippen LogP contribution in [0.15, 0.2) is 24.5 Å². The van der Waals surface area contributed by atoms with E-state index in [-0.39, 0.29) is 18.5 Å². The van der Waals surface area contributed by atoms with Gasteiger partial charge >= 0.3 is 12.0 Å². The zero-order chi connectivity index (χ0) is 15.2. The molecule has 0 radical (unpaired) electrons. The average molecular weight is 291 g/mol. The first-order chi connectivity index (χ1) is 10.1. The lowest BCUT2D eigenvalue weighted by atomic mass is 10.00. The van der Waals surface area contributed by atoms with Crippen LogP contribution in [-0.2, 0) is 11.3 Å². The van der Waals surface area contributed by atoms with Crippen molar-refractivity contribution in [1.29, 1.82) is 0 Å². The minimum Gasteiger partial charge on any atom is -0.481 e. The van der Waals surface area contributed by atoms with Crippen molar-refractivity contribution in [3.63, 3.8) is 0 Å². The van der Waals surface area contributed by atoms with E-state index in [1.165, 1.54) is 0 Å². The SMILES string of the molecule is CN(Cc1cccnc1)C(=O)N1CCCCC1CC(=O)O. The number of nitrogens with zero attached hydrogens (tertiary/aromatic N) is 3. The van der Waals surface area contributed by atoms with Crippen molar-refractivity contribution in [2.45, 2.75) is 38.3 Å². The molecule has 1 atom stereocenters. The number of hydrogen-bond acceptors (Lipinski definition) is 3. The van der Waals surface area contributed by atoms with Gasteiger partial charge in [-0.2, -0.15) is 0 Å². The largest absolute Gasteiger partial charge is 0.481 e. The Balaban J connectivity index is 2.00. The van der Waals surface area contributed by atoms with Crippen molar-refractivity contribution in [3.8, 4) is 0 Å². The summed E-state index contributed by atoms with van der Waals surface area (Å²) in [5.41, 5.74) is 0.958. The Morgan fingerprint density at radius 2 is 2.29 bits per heavy atom. The smallest absolute Gasteiger partial charge is 0.320 e. The fourth-order valence-corrected chi connectivity index (χ4v) is 2.72. The summed E-state index contributed by atoms with van der Waals surface area (Å²) in [5.74, 6) is -0.852. The van der Waals surface area contributed by atoms with Crippen molar-refractivity contribution in [3.05, 3.63) is 30.1 Å². The lowest BCUT2D eigenvalue weighted by Gasteiger charge is -2.37. The van der Waals surface area contributed by atoms with E-state index in [0.29, 0.717) is 13.1 Å². The summed E-state index contributed by atoms with van der Waals surface area (Å²) in [6.45, 7) is 1.11. The molecule has 6 heteroatoms. The number of carbonyl (C=O) groups excluding carboxylic acids is 1. The summed E-state index contributed by atoms with van der Waals surface area (Å²) in [7, 11) is 1.74. The molecule has 0 bridgehead atoms. The molecule has 1 N–H and O–H groups in total. The first kappa shape index (κ1) is 15.3. The number of carboxylic acids is 1. The van der Waals surface area contributed by atoms with Crippen molar-refractivity contribution in [1.82, 2.24) is 14.8 Å². The monoisotopic (exact) mass is 291 g/mol. The summed E-state index contributed by atoms with van der Waals surface area (Å²) in [5, 5.41) is 8.98. The summed E-state index contributed by atoms with van der Waals surface area (Å²) in [6, 6.07) is 3.45. The fraction of sp³-hybridized carbons (Fsp3) is 0.533. The maximum absolute atomic E-state index is 12.5. The zero-order valence-corrected chi connectivity index (χ0v) is 12.2. The summed E-state index contributed by atoms with van der Waals surface area (Å²) < 4.78 is 0. The Morgan fingerprint density at radius 3 is 2.95 bits per heavy atom. The van der Waals surface area contributed by atoms with E-state index in [2.05, 4.69) is 4.98 Å². The number of pyridine rings is 1. The second kappa shape index (κ2) is 7.06. The van der Waals surface area contributed by atoms with Crippen LogP contribution in [0.4, 0.5) is 4.79 Å². The van der Waals surface area contributed by atoms with E-state index < -0.39 is 5.97 Å². The molecule has 1 saturated heterocycles. The summed E-state index contributed by atoms with van der Waals surface area (Å²) in [6.07, 6.45) is 6.12. The third-order valence-electron chi connectivity index (χ3n) is 3.75. The first-order valence-corrected chi connectivity index (χ1v) is 7.20. The van der Waals surface area contributed by atoms with Gasteiger partial charge in [0.1, 0.15) is 0 Å². The van der Waals surface area contributed by atoms with Crippen molar-refractivity contribution in [2.24, 2.45) is 0 Å². The predicted molar refractivity (Wildman–Crippen MR) is 77.7 cm³/mol. The highest BCUT2D eigenvalue weighted by Crippen LogP contribution is 2.21. The van der Waals surface area contributed by atoms with E-state index in [9.17, 15) is 9.59 Å². The fourth-order valence-electron chi connectivity index (χ4n) is 2.72. The van der Waals surface area contributed by atoms with Crippen molar-refractivity contribution >= 4 is 12.0 Å². The number of piperidine rings is 1. The maximum Gasteiger partial charge on any atom is 0.320 e. The summed E-state index contributed by atoms with van der Waals surface area (Å²) in [4.78, 5) is 30.8. The number of urea groups is 1. The minimum atomic E-state index is -0.852. The quantitative estimate of drug-likeness (QED) is 0.920. The molecule has 0 saturated carbocycles. The lowest BCUT2D eigenvalue weighted by molar-refractivity contribution is -0.138. The number of amides is 2. The second-order valence-corrected chi connectivity index (χ2v) is 5.44. The molecule has 1 aliphatic rings. The Morgan fingerprint density at radius 1 is 1.48 bits per heavy atom. The number of likely N-dealkylation sites (tertiary alicyclic amines) is 1. The van der Waals surface area contributed by atoms with Crippen LogP contribution >= 0.6 is 0 Å². The number of rotatable bonds is 4. The molecule has 6 nitrogen and oxygen atoms in total. The molecule has 0 aromatic carbocycles. The van der Waals surface area contributed by atoms with Crippen LogP contribution in [-0.4, -0.2) is 51.5 Å². The van der Waals surface area contributed by atoms with Crippen LogP contribution < -0.4 is 0 Å². The van der Waals surface area contributed by atoms with Crippen molar-refractivity contribution < 1.29 is 14.7 Å². The Hall–Kier alpha value is -2.11. The molecule has 2 rings (SSSR count). The molecule has 1 fully saturated rings. The molecule has 2 heterocycles. The molecule has 1 unspecified atom stereocenters. The van der Waals surface area contributed by atoms with Gasteiger partial charge in [0.15, 0.2) is 0 Å². The molecule has 0 spiro atoms. The van der Waals surface area contributed by atoms with Gasteiger partial charge in [0.2, 0.25) is 0 Å². The highest BCUT2D eigenvalue weighted by molar-refractivity contribution is 5.76. The van der Waals surface area contributed by atoms with Crippen LogP contribution in [0.3, 0.4) is 0 Å². The van der Waals surface area contributed by atoms with Crippen LogP contribution in [0.2, 0.25) is 0 Å². The normalized spacial score (nSPS) is 18.3. The van der Waals surface area contributed by atoms with E-state index in [0.717, 1.165) is 24.8 Å². The van der Waals surface area contributed by atoms with Crippen molar-refractivity contribution in [2.75, 3.05) is 13.6 Å². The maximum atomic E-state index is 12.5. The van der Waals surface area contributed by atoms with E-state index >= 15 is 0 Å². The molecular weight excluding hydrogens is 270 g/mol. The summed E-state index contributed by atoms with van der Waals surface area (Å²) >= 11 is 0. The Labute approximate surface area is 124 Å². The Kier molecular flexibility index (Phi) is 5.14. The van der Waals surface area contributed by atoms with Gasteiger partial charge in [-0.1, -0.05) is 6.07 Å². The third-order valence-corrected chi connectivity index (χ3v) is 3.75. The molecule has 2 amide bonds. The molecule has 1 aromatic heterocycles. The zero-order valence-electron chi connectivity index (χ0n) is 12.2. The molecule has 1 aliphatic heterocycles. The van der Waals surface area contributed by atoms with Gasteiger partial charge in [0.05, 0.1) is 6.42 Å². The number of hydrogen-bond donors (Lipinski definition) is 1. The van der Waals surface area contributed by atoms with Crippen LogP contribution in [0.25, 0.3) is 0 Å². The van der Waals surface area contributed by atoms with Gasteiger partial charge in [-0.3, -0.25) is 9.78 Å². The standard InChI is InChI=1S/C15H21N3O3/c1-17(11-12-5-4-7-16-10-12)15(21)18-8-3-2-6-13(18)9-14(19)20/h4-5,7,10,13H,2-3,6,8-9,11H2,1H3,(H,19,20). The third kappa shape index (κ3) is 4.18. The van der Waals surface area contributed by atoms with Gasteiger partial charge < -0.3 is 14.9 Å². The number of carbonyl (C=O) groups is 2. The van der Waals surface area contributed by atoms with Gasteiger partial charge in [0, 0.05) is 38.6 Å². The van der Waals surface area contributed by atoms with Gasteiger partial charge in [-0.05, 0) is 30.9 Å². The highest BCUT2D eigenvalue weighted by Gasteiger charge is 2.30. The molecule has 1 aromatic rings. The molecule has 0 aliphatic carbocycles. The molecular formula is C15H21N3O3. The molecule has 114 valence electrons. The minimum absolute atomic E-state index is 0.0203. The van der Waals surface area contributed by atoms with Gasteiger partial charge in [-0.15, -0.1) is 0 Å². The van der Waals surface area contributed by atoms with Gasteiger partial charge in [0.25, 0.3) is 0 Å². The topological polar surface area (TPSA) is 73.7 Å². The predicted octanol–water partition coefficient (Wildman–Crippen LogP) is 1.96. The lowest BCUT2D eigenvalue weighted by Crippen LogP contribution is -2.49. The van der Waals surface area contributed by atoms with E-state index in [4.69, 9.17) is 5.11 Å². The van der Waals surface area contributed by atoms with Gasteiger partial charge in [-0.25, -0.2) is 4.79 Å². The second-order valence-electron chi connectivity index (χ2n) is 5.44. The van der Waals surface area contributed by atoms with Crippen LogP contribution in [0.1, 0.15) is 31.2 Å². The number of carboxylic acid groups (broad SMARTS) is 1.